The van der Waals surface area contributed by atoms with Gasteiger partial charge in [-0.15, -0.1) is 0 Å². The van der Waals surface area contributed by atoms with Gasteiger partial charge < -0.3 is 19.3 Å². The number of carbonyl (C=O) groups is 3. The van der Waals surface area contributed by atoms with Crippen LogP contribution in [0, 0.1) is 24.5 Å². The predicted molar refractivity (Wildman–Crippen MR) is 93.7 cm³/mol. The number of hydrogen-bond acceptors (Lipinski definition) is 4. The Morgan fingerprint density at radius 3 is 2.64 bits per heavy atom. The molecule has 1 aromatic carbocycles. The van der Waals surface area contributed by atoms with E-state index in [2.05, 4.69) is 0 Å². The molecule has 2 aromatic rings. The first-order valence-electron chi connectivity index (χ1n) is 8.50. The molecular formula is C19H18F2N2O5. The number of carbonyl (C=O) groups excluding carboxylic acids is 2. The Bertz CT molecular complexity index is 956. The molecule has 1 fully saturated rings. The zero-order valence-corrected chi connectivity index (χ0v) is 15.2. The van der Waals surface area contributed by atoms with E-state index in [9.17, 15) is 23.2 Å². The number of hydrogen-bond donors (Lipinski definition) is 1. The number of carboxylic acids is 1. The molecule has 0 aliphatic carbocycles. The van der Waals surface area contributed by atoms with Gasteiger partial charge in [0.05, 0.1) is 18.2 Å². The molecule has 3 rings (SSSR count). The van der Waals surface area contributed by atoms with E-state index in [1.165, 1.54) is 24.9 Å². The first-order valence-corrected chi connectivity index (χ1v) is 8.50. The Balaban J connectivity index is 1.70. The van der Waals surface area contributed by atoms with Crippen LogP contribution in [0.15, 0.2) is 28.7 Å². The Labute approximate surface area is 159 Å². The van der Waals surface area contributed by atoms with Crippen molar-refractivity contribution in [3.05, 3.63) is 53.0 Å². The molecular weight excluding hydrogens is 374 g/mol. The fraction of sp³-hybridized carbons (Fsp3) is 0.316. The third-order valence-corrected chi connectivity index (χ3v) is 4.64. The molecule has 1 aliphatic heterocycles. The zero-order chi connectivity index (χ0) is 20.6. The van der Waals surface area contributed by atoms with E-state index in [4.69, 9.17) is 9.52 Å². The first-order chi connectivity index (χ1) is 13.2. The van der Waals surface area contributed by atoms with Crippen LogP contribution in [0.5, 0.6) is 0 Å². The van der Waals surface area contributed by atoms with Crippen molar-refractivity contribution in [1.29, 1.82) is 0 Å². The largest absolute Gasteiger partial charge is 0.478 e. The average molecular weight is 392 g/mol. The first kappa shape index (κ1) is 19.5. The molecule has 0 bridgehead atoms. The second kappa shape index (κ2) is 7.41. The molecule has 2 heterocycles. The maximum atomic E-state index is 14.0. The van der Waals surface area contributed by atoms with Crippen molar-refractivity contribution in [3.63, 3.8) is 0 Å². The van der Waals surface area contributed by atoms with Crippen LogP contribution < -0.4 is 4.90 Å². The number of halogens is 2. The van der Waals surface area contributed by atoms with Gasteiger partial charge in [-0.3, -0.25) is 9.59 Å². The molecule has 1 atom stereocenters. The molecule has 2 amide bonds. The van der Waals surface area contributed by atoms with Crippen LogP contribution >= 0.6 is 0 Å². The van der Waals surface area contributed by atoms with Crippen molar-refractivity contribution in [3.8, 4) is 0 Å². The molecule has 1 aliphatic rings. The molecule has 148 valence electrons. The molecule has 0 unspecified atom stereocenters. The summed E-state index contributed by atoms with van der Waals surface area (Å²) in [6.45, 7) is 1.52. The van der Waals surface area contributed by atoms with E-state index < -0.39 is 29.4 Å². The summed E-state index contributed by atoms with van der Waals surface area (Å²) in [7, 11) is 1.51. The second-order valence-corrected chi connectivity index (χ2v) is 6.68. The SMILES string of the molecule is Cc1oc(CN(C)C(=O)[C@@H]2CC(=O)N(c3ccc(F)cc3F)C2)cc1C(=O)O. The summed E-state index contributed by atoms with van der Waals surface area (Å²) >= 11 is 0. The van der Waals surface area contributed by atoms with Crippen molar-refractivity contribution >= 4 is 23.5 Å². The summed E-state index contributed by atoms with van der Waals surface area (Å²) in [6, 6.07) is 4.25. The van der Waals surface area contributed by atoms with Gasteiger partial charge in [0.25, 0.3) is 0 Å². The van der Waals surface area contributed by atoms with E-state index in [0.29, 0.717) is 11.8 Å². The summed E-state index contributed by atoms with van der Waals surface area (Å²) in [6.07, 6.45) is -0.0997. The molecule has 1 aromatic heterocycles. The Hall–Kier alpha value is -3.23. The van der Waals surface area contributed by atoms with Crippen molar-refractivity contribution < 1.29 is 32.7 Å². The quantitative estimate of drug-likeness (QED) is 0.845. The molecule has 0 saturated carbocycles. The fourth-order valence-corrected chi connectivity index (χ4v) is 3.26. The number of amides is 2. The van der Waals surface area contributed by atoms with Crippen molar-refractivity contribution in [2.24, 2.45) is 5.92 Å². The van der Waals surface area contributed by atoms with Crippen molar-refractivity contribution in [1.82, 2.24) is 4.90 Å². The minimum absolute atomic E-state index is 0.0184. The third-order valence-electron chi connectivity index (χ3n) is 4.64. The van der Waals surface area contributed by atoms with Gasteiger partial charge in [-0.05, 0) is 25.1 Å². The molecule has 9 heteroatoms. The lowest BCUT2D eigenvalue weighted by Crippen LogP contribution is -2.34. The van der Waals surface area contributed by atoms with Gasteiger partial charge in [-0.2, -0.15) is 0 Å². The maximum Gasteiger partial charge on any atom is 0.339 e. The minimum Gasteiger partial charge on any atom is -0.478 e. The van der Waals surface area contributed by atoms with Crippen LogP contribution in [-0.4, -0.2) is 41.4 Å². The van der Waals surface area contributed by atoms with Crippen molar-refractivity contribution in [2.45, 2.75) is 19.9 Å². The highest BCUT2D eigenvalue weighted by molar-refractivity contribution is 6.00. The molecule has 1 N–H and O–H groups in total. The van der Waals surface area contributed by atoms with Crippen molar-refractivity contribution in [2.75, 3.05) is 18.5 Å². The van der Waals surface area contributed by atoms with Gasteiger partial charge >= 0.3 is 5.97 Å². The Kier molecular flexibility index (Phi) is 5.17. The molecule has 0 spiro atoms. The monoisotopic (exact) mass is 392 g/mol. The second-order valence-electron chi connectivity index (χ2n) is 6.68. The molecule has 7 nitrogen and oxygen atoms in total. The van der Waals surface area contributed by atoms with E-state index in [-0.39, 0.29) is 42.4 Å². The van der Waals surface area contributed by atoms with Gasteiger partial charge in [0.2, 0.25) is 11.8 Å². The lowest BCUT2D eigenvalue weighted by Gasteiger charge is -2.21. The number of aromatic carboxylic acids is 1. The van der Waals surface area contributed by atoms with Gasteiger partial charge in [0.1, 0.15) is 28.7 Å². The fourth-order valence-electron chi connectivity index (χ4n) is 3.26. The number of aryl methyl sites for hydroxylation is 1. The van der Waals surface area contributed by atoms with Crippen LogP contribution in [0.4, 0.5) is 14.5 Å². The zero-order valence-electron chi connectivity index (χ0n) is 15.2. The van der Waals surface area contributed by atoms with Crippen LogP contribution in [-0.2, 0) is 16.1 Å². The lowest BCUT2D eigenvalue weighted by atomic mass is 10.1. The number of benzene rings is 1. The van der Waals surface area contributed by atoms with E-state index in [1.54, 1.807) is 0 Å². The van der Waals surface area contributed by atoms with E-state index in [0.717, 1.165) is 17.0 Å². The molecule has 0 radical (unpaired) electrons. The normalized spacial score (nSPS) is 16.5. The van der Waals surface area contributed by atoms with E-state index in [1.807, 2.05) is 0 Å². The number of anilines is 1. The smallest absolute Gasteiger partial charge is 0.339 e. The Morgan fingerprint density at radius 1 is 1.32 bits per heavy atom. The molecule has 1 saturated heterocycles. The van der Waals surface area contributed by atoms with Crippen LogP contribution in [0.1, 0.15) is 28.3 Å². The van der Waals surface area contributed by atoms with Crippen LogP contribution in [0.3, 0.4) is 0 Å². The highest BCUT2D eigenvalue weighted by Crippen LogP contribution is 2.29. The summed E-state index contributed by atoms with van der Waals surface area (Å²) in [5.74, 6) is -3.70. The third kappa shape index (κ3) is 3.73. The number of carboxylic acid groups (broad SMARTS) is 1. The summed E-state index contributed by atoms with van der Waals surface area (Å²) in [5, 5.41) is 9.06. The lowest BCUT2D eigenvalue weighted by molar-refractivity contribution is -0.135. The number of furan rings is 1. The molecule has 28 heavy (non-hydrogen) atoms. The summed E-state index contributed by atoms with van der Waals surface area (Å²) < 4.78 is 32.4. The summed E-state index contributed by atoms with van der Waals surface area (Å²) in [5.41, 5.74) is -0.0537. The highest BCUT2D eigenvalue weighted by Gasteiger charge is 2.37. The summed E-state index contributed by atoms with van der Waals surface area (Å²) in [4.78, 5) is 38.5. The number of nitrogens with zero attached hydrogens (tertiary/aromatic N) is 2. The number of rotatable bonds is 5. The van der Waals surface area contributed by atoms with Gasteiger partial charge in [-0.25, -0.2) is 13.6 Å². The Morgan fingerprint density at radius 2 is 2.04 bits per heavy atom. The van der Waals surface area contributed by atoms with Gasteiger partial charge in [0.15, 0.2) is 0 Å². The standard InChI is InChI=1S/C19H18F2N2O5/c1-10-14(19(26)27)7-13(28-10)9-22(2)18(25)11-5-17(24)23(8-11)16-4-3-12(20)6-15(16)21/h3-4,6-7,11H,5,8-9H2,1-2H3,(H,26,27)/t11-/m1/s1. The average Bonchev–Trinajstić information content (AvgIpc) is 3.17. The van der Waals surface area contributed by atoms with Gasteiger partial charge in [-0.1, -0.05) is 0 Å². The minimum atomic E-state index is -1.13. The van der Waals surface area contributed by atoms with Crippen LogP contribution in [0.2, 0.25) is 0 Å². The maximum absolute atomic E-state index is 14.0. The van der Waals surface area contributed by atoms with Gasteiger partial charge in [0, 0.05) is 26.1 Å². The highest BCUT2D eigenvalue weighted by atomic mass is 19.1. The van der Waals surface area contributed by atoms with E-state index >= 15 is 0 Å². The topological polar surface area (TPSA) is 91.1 Å². The van der Waals surface area contributed by atoms with Crippen LogP contribution in [0.25, 0.3) is 0 Å². The predicted octanol–water partition coefficient (Wildman–Crippen LogP) is 2.58.